The van der Waals surface area contributed by atoms with E-state index in [0.29, 0.717) is 11.7 Å². The Kier molecular flexibility index (Phi) is 7.48. The first-order valence-electron chi connectivity index (χ1n) is 9.58. The number of rotatable bonds is 6. The molecule has 1 aliphatic rings. The van der Waals surface area contributed by atoms with Gasteiger partial charge in [-0.1, -0.05) is 48.4 Å². The summed E-state index contributed by atoms with van der Waals surface area (Å²) in [5.41, 5.74) is 3.69. The molecule has 144 valence electrons. The van der Waals surface area contributed by atoms with Gasteiger partial charge in [-0.3, -0.25) is 9.89 Å². The number of benzene rings is 1. The third kappa shape index (κ3) is 6.52. The van der Waals surface area contributed by atoms with Crippen molar-refractivity contribution in [1.29, 1.82) is 0 Å². The SMILES string of the molecule is CN=C(NCc1ccc(CN2CCCCC2)cc1)NCc1ccc(Cl)nc1. The largest absolute Gasteiger partial charge is 0.352 e. The first-order valence-corrected chi connectivity index (χ1v) is 9.96. The summed E-state index contributed by atoms with van der Waals surface area (Å²) in [6.07, 6.45) is 5.81. The van der Waals surface area contributed by atoms with Crippen LogP contribution in [0.5, 0.6) is 0 Å². The smallest absolute Gasteiger partial charge is 0.191 e. The molecule has 0 amide bonds. The Morgan fingerprint density at radius 3 is 2.22 bits per heavy atom. The van der Waals surface area contributed by atoms with Crippen LogP contribution >= 0.6 is 11.6 Å². The highest BCUT2D eigenvalue weighted by atomic mass is 35.5. The molecule has 1 aliphatic heterocycles. The minimum Gasteiger partial charge on any atom is -0.352 e. The lowest BCUT2D eigenvalue weighted by Crippen LogP contribution is -2.36. The van der Waals surface area contributed by atoms with Crippen molar-refractivity contribution in [2.45, 2.75) is 38.9 Å². The van der Waals surface area contributed by atoms with Crippen molar-refractivity contribution in [2.24, 2.45) is 4.99 Å². The fraction of sp³-hybridized carbons (Fsp3) is 0.429. The van der Waals surface area contributed by atoms with Gasteiger partial charge in [0.2, 0.25) is 0 Å². The molecule has 0 saturated carbocycles. The second-order valence-corrected chi connectivity index (χ2v) is 7.31. The first-order chi connectivity index (χ1) is 13.2. The Balaban J connectivity index is 1.44. The number of guanidine groups is 1. The molecule has 1 aromatic heterocycles. The minimum atomic E-state index is 0.505. The van der Waals surface area contributed by atoms with E-state index < -0.39 is 0 Å². The third-order valence-corrected chi connectivity index (χ3v) is 5.03. The Morgan fingerprint density at radius 2 is 1.59 bits per heavy atom. The number of nitrogens with zero attached hydrogens (tertiary/aromatic N) is 3. The molecule has 1 saturated heterocycles. The number of pyridine rings is 1. The predicted octanol–water partition coefficient (Wildman–Crippen LogP) is 3.59. The average molecular weight is 386 g/mol. The molecule has 1 aromatic carbocycles. The van der Waals surface area contributed by atoms with Gasteiger partial charge in [0.05, 0.1) is 0 Å². The fourth-order valence-electron chi connectivity index (χ4n) is 3.24. The maximum Gasteiger partial charge on any atom is 0.191 e. The number of halogens is 1. The van der Waals surface area contributed by atoms with Gasteiger partial charge >= 0.3 is 0 Å². The lowest BCUT2D eigenvalue weighted by molar-refractivity contribution is 0.221. The van der Waals surface area contributed by atoms with Crippen molar-refractivity contribution >= 4 is 17.6 Å². The fourth-order valence-corrected chi connectivity index (χ4v) is 3.35. The highest BCUT2D eigenvalue weighted by molar-refractivity contribution is 6.29. The average Bonchev–Trinajstić information content (AvgIpc) is 2.71. The van der Waals surface area contributed by atoms with Crippen LogP contribution in [-0.4, -0.2) is 36.0 Å². The molecule has 6 heteroatoms. The van der Waals surface area contributed by atoms with Gasteiger partial charge in [-0.15, -0.1) is 0 Å². The van der Waals surface area contributed by atoms with Gasteiger partial charge in [0, 0.05) is 32.9 Å². The van der Waals surface area contributed by atoms with Gasteiger partial charge in [0.25, 0.3) is 0 Å². The van der Waals surface area contributed by atoms with Crippen LogP contribution < -0.4 is 10.6 Å². The Hall–Kier alpha value is -2.11. The summed E-state index contributed by atoms with van der Waals surface area (Å²) in [7, 11) is 1.77. The molecule has 0 unspecified atom stereocenters. The number of aliphatic imine (C=N–C) groups is 1. The second-order valence-electron chi connectivity index (χ2n) is 6.92. The van der Waals surface area contributed by atoms with Gasteiger partial charge < -0.3 is 10.6 Å². The van der Waals surface area contributed by atoms with Gasteiger partial charge in [-0.2, -0.15) is 0 Å². The second kappa shape index (κ2) is 10.3. The van der Waals surface area contributed by atoms with Crippen molar-refractivity contribution in [3.8, 4) is 0 Å². The van der Waals surface area contributed by atoms with Crippen LogP contribution in [0.3, 0.4) is 0 Å². The molecule has 2 heterocycles. The summed E-state index contributed by atoms with van der Waals surface area (Å²) in [4.78, 5) is 10.9. The molecule has 5 nitrogen and oxygen atoms in total. The Labute approximate surface area is 166 Å². The molecule has 1 fully saturated rings. The quantitative estimate of drug-likeness (QED) is 0.453. The van der Waals surface area contributed by atoms with E-state index in [1.165, 1.54) is 43.5 Å². The molecule has 0 radical (unpaired) electrons. The highest BCUT2D eigenvalue weighted by Crippen LogP contribution is 2.13. The van der Waals surface area contributed by atoms with Gasteiger partial charge in [-0.05, 0) is 48.7 Å². The number of nitrogens with one attached hydrogen (secondary N) is 2. The van der Waals surface area contributed by atoms with E-state index >= 15 is 0 Å². The zero-order valence-corrected chi connectivity index (χ0v) is 16.7. The van der Waals surface area contributed by atoms with Crippen molar-refractivity contribution < 1.29 is 0 Å². The van der Waals surface area contributed by atoms with Crippen LogP contribution in [0.25, 0.3) is 0 Å². The molecule has 2 N–H and O–H groups in total. The van der Waals surface area contributed by atoms with E-state index in [9.17, 15) is 0 Å². The summed E-state index contributed by atoms with van der Waals surface area (Å²) >= 11 is 5.81. The van der Waals surface area contributed by atoms with Crippen molar-refractivity contribution in [1.82, 2.24) is 20.5 Å². The molecule has 3 rings (SSSR count). The first kappa shape index (κ1) is 19.6. The third-order valence-electron chi connectivity index (χ3n) is 4.81. The van der Waals surface area contributed by atoms with Crippen molar-refractivity contribution in [3.63, 3.8) is 0 Å². The lowest BCUT2D eigenvalue weighted by atomic mass is 10.1. The van der Waals surface area contributed by atoms with E-state index in [1.807, 2.05) is 6.07 Å². The summed E-state index contributed by atoms with van der Waals surface area (Å²) in [5, 5.41) is 7.14. The topological polar surface area (TPSA) is 52.6 Å². The predicted molar refractivity (Wildman–Crippen MR) is 112 cm³/mol. The molecule has 0 atom stereocenters. The standard InChI is InChI=1S/C21H28ClN5/c1-23-21(26-15-19-9-10-20(22)24-14-19)25-13-17-5-7-18(8-6-17)16-27-11-3-2-4-12-27/h5-10,14H,2-4,11-13,15-16H2,1H3,(H2,23,25,26). The monoisotopic (exact) mass is 385 g/mol. The molecule has 0 spiro atoms. The minimum absolute atomic E-state index is 0.505. The molecule has 27 heavy (non-hydrogen) atoms. The Bertz CT molecular complexity index is 721. The van der Waals surface area contributed by atoms with E-state index in [0.717, 1.165) is 24.6 Å². The van der Waals surface area contributed by atoms with Crippen LogP contribution in [-0.2, 0) is 19.6 Å². The highest BCUT2D eigenvalue weighted by Gasteiger charge is 2.10. The van der Waals surface area contributed by atoms with E-state index in [4.69, 9.17) is 11.6 Å². The van der Waals surface area contributed by atoms with Crippen LogP contribution in [0, 0.1) is 0 Å². The maximum absolute atomic E-state index is 5.81. The van der Waals surface area contributed by atoms with Crippen LogP contribution in [0.4, 0.5) is 0 Å². The van der Waals surface area contributed by atoms with E-state index in [-0.39, 0.29) is 0 Å². The van der Waals surface area contributed by atoms with Crippen molar-refractivity contribution in [2.75, 3.05) is 20.1 Å². The van der Waals surface area contributed by atoms with Crippen LogP contribution in [0.1, 0.15) is 36.0 Å². The van der Waals surface area contributed by atoms with E-state index in [1.54, 1.807) is 19.3 Å². The molecular formula is C21H28ClN5. The summed E-state index contributed by atoms with van der Waals surface area (Å²) in [5.74, 6) is 0.766. The van der Waals surface area contributed by atoms with Gasteiger partial charge in [0.1, 0.15) is 5.15 Å². The van der Waals surface area contributed by atoms with E-state index in [2.05, 4.69) is 49.8 Å². The zero-order chi connectivity index (χ0) is 18.9. The zero-order valence-electron chi connectivity index (χ0n) is 15.9. The summed E-state index contributed by atoms with van der Waals surface area (Å²) in [6, 6.07) is 12.6. The maximum atomic E-state index is 5.81. The molecular weight excluding hydrogens is 358 g/mol. The number of piperidine rings is 1. The van der Waals surface area contributed by atoms with Gasteiger partial charge in [0.15, 0.2) is 5.96 Å². The van der Waals surface area contributed by atoms with Crippen LogP contribution in [0.2, 0.25) is 5.15 Å². The number of hydrogen-bond acceptors (Lipinski definition) is 3. The summed E-state index contributed by atoms with van der Waals surface area (Å²) in [6.45, 7) is 4.91. The molecule has 0 aliphatic carbocycles. The van der Waals surface area contributed by atoms with Crippen LogP contribution in [0.15, 0.2) is 47.6 Å². The number of hydrogen-bond donors (Lipinski definition) is 2. The molecule has 0 bridgehead atoms. The van der Waals surface area contributed by atoms with Gasteiger partial charge in [-0.25, -0.2) is 4.98 Å². The number of likely N-dealkylation sites (tertiary alicyclic amines) is 1. The summed E-state index contributed by atoms with van der Waals surface area (Å²) < 4.78 is 0. The number of aromatic nitrogens is 1. The normalized spacial score (nSPS) is 15.6. The lowest BCUT2D eigenvalue weighted by Gasteiger charge is -2.26. The van der Waals surface area contributed by atoms with Crippen molar-refractivity contribution in [3.05, 3.63) is 64.4 Å². The Morgan fingerprint density at radius 1 is 0.963 bits per heavy atom. The molecule has 2 aromatic rings.